The van der Waals surface area contributed by atoms with Gasteiger partial charge in [-0.1, -0.05) is 25.1 Å². The second kappa shape index (κ2) is 8.22. The number of thiophene rings is 1. The Morgan fingerprint density at radius 3 is 2.56 bits per heavy atom. The average molecular weight is 387 g/mol. The van der Waals surface area contributed by atoms with Gasteiger partial charge in [0.05, 0.1) is 9.88 Å². The van der Waals surface area contributed by atoms with Crippen molar-refractivity contribution in [3.8, 4) is 0 Å². The summed E-state index contributed by atoms with van der Waals surface area (Å²) in [5.74, 6) is -1.01. The summed E-state index contributed by atoms with van der Waals surface area (Å²) >= 11 is 1.13. The Labute approximate surface area is 161 Å². The number of hydrogen-bond donors (Lipinski definition) is 3. The summed E-state index contributed by atoms with van der Waals surface area (Å²) in [5, 5.41) is 15.3. The molecule has 2 atom stereocenters. The van der Waals surface area contributed by atoms with E-state index in [0.717, 1.165) is 17.8 Å². The SMILES string of the molecule is CC1CCN(C(=O)c2ccc(NC(=O)Nc3ccccc3)s2)C(C(=O)O)C1. The van der Waals surface area contributed by atoms with Gasteiger partial charge >= 0.3 is 12.0 Å². The van der Waals surface area contributed by atoms with Gasteiger partial charge in [-0.05, 0) is 43.0 Å². The van der Waals surface area contributed by atoms with Gasteiger partial charge in [-0.15, -0.1) is 11.3 Å². The molecule has 1 saturated heterocycles. The van der Waals surface area contributed by atoms with Crippen molar-refractivity contribution >= 4 is 39.9 Å². The van der Waals surface area contributed by atoms with Crippen molar-refractivity contribution in [2.75, 3.05) is 17.2 Å². The number of benzene rings is 1. The molecule has 2 unspecified atom stereocenters. The third kappa shape index (κ3) is 4.65. The Morgan fingerprint density at radius 2 is 1.85 bits per heavy atom. The molecule has 7 nitrogen and oxygen atoms in total. The van der Waals surface area contributed by atoms with Gasteiger partial charge in [0.1, 0.15) is 6.04 Å². The number of likely N-dealkylation sites (tertiary alicyclic amines) is 1. The van der Waals surface area contributed by atoms with Crippen LogP contribution in [-0.4, -0.2) is 40.5 Å². The van der Waals surface area contributed by atoms with E-state index in [1.165, 1.54) is 4.90 Å². The summed E-state index contributed by atoms with van der Waals surface area (Å²) in [6.07, 6.45) is 1.24. The average Bonchev–Trinajstić information content (AvgIpc) is 3.10. The number of anilines is 2. The Balaban J connectivity index is 1.65. The molecule has 0 bridgehead atoms. The number of carbonyl (C=O) groups is 3. The van der Waals surface area contributed by atoms with E-state index in [1.807, 2.05) is 25.1 Å². The fraction of sp³-hybridized carbons (Fsp3) is 0.316. The molecule has 1 aromatic heterocycles. The smallest absolute Gasteiger partial charge is 0.326 e. The molecule has 1 aliphatic rings. The molecule has 8 heteroatoms. The number of carboxylic acid groups (broad SMARTS) is 1. The monoisotopic (exact) mass is 387 g/mol. The summed E-state index contributed by atoms with van der Waals surface area (Å²) in [5.41, 5.74) is 0.662. The first-order valence-electron chi connectivity index (χ1n) is 8.70. The number of nitrogens with one attached hydrogen (secondary N) is 2. The molecule has 0 radical (unpaired) electrons. The van der Waals surface area contributed by atoms with Crippen LogP contribution < -0.4 is 10.6 Å². The largest absolute Gasteiger partial charge is 0.480 e. The molecule has 2 heterocycles. The maximum atomic E-state index is 12.8. The normalized spacial score (nSPS) is 19.4. The van der Waals surface area contributed by atoms with Crippen molar-refractivity contribution in [1.82, 2.24) is 4.90 Å². The number of amides is 3. The molecule has 0 saturated carbocycles. The van der Waals surface area contributed by atoms with Crippen molar-refractivity contribution < 1.29 is 19.5 Å². The van der Waals surface area contributed by atoms with Crippen LogP contribution in [0.25, 0.3) is 0 Å². The standard InChI is InChI=1S/C19H21N3O4S/c1-12-9-10-22(14(11-12)18(24)25)17(23)15-7-8-16(27-15)21-19(26)20-13-5-3-2-4-6-13/h2-8,12,14H,9-11H2,1H3,(H,24,25)(H2,20,21,26). The number of piperidine rings is 1. The lowest BCUT2D eigenvalue weighted by Gasteiger charge is -2.35. The molecule has 1 aliphatic heterocycles. The van der Waals surface area contributed by atoms with Crippen molar-refractivity contribution in [2.24, 2.45) is 5.92 Å². The number of carbonyl (C=O) groups excluding carboxylic acids is 2. The van der Waals surface area contributed by atoms with E-state index in [4.69, 9.17) is 0 Å². The number of rotatable bonds is 4. The predicted octanol–water partition coefficient (Wildman–Crippen LogP) is 3.72. The first-order valence-corrected chi connectivity index (χ1v) is 9.52. The molecular weight excluding hydrogens is 366 g/mol. The first-order chi connectivity index (χ1) is 12.9. The van der Waals surface area contributed by atoms with Crippen LogP contribution in [0.2, 0.25) is 0 Å². The van der Waals surface area contributed by atoms with Gasteiger partial charge in [-0.2, -0.15) is 0 Å². The summed E-state index contributed by atoms with van der Waals surface area (Å²) in [4.78, 5) is 38.1. The van der Waals surface area contributed by atoms with Crippen molar-refractivity contribution in [1.29, 1.82) is 0 Å². The van der Waals surface area contributed by atoms with Crippen molar-refractivity contribution in [3.05, 3.63) is 47.3 Å². The van der Waals surface area contributed by atoms with Crippen molar-refractivity contribution in [3.63, 3.8) is 0 Å². The fourth-order valence-corrected chi connectivity index (χ4v) is 3.93. The minimum atomic E-state index is -0.980. The molecule has 3 rings (SSSR count). The van der Waals surface area contributed by atoms with Crippen molar-refractivity contribution in [2.45, 2.75) is 25.8 Å². The van der Waals surface area contributed by atoms with Crippen LogP contribution in [0, 0.1) is 5.92 Å². The molecular formula is C19H21N3O4S. The maximum absolute atomic E-state index is 12.8. The van der Waals surface area contributed by atoms with Crippen LogP contribution in [0.1, 0.15) is 29.4 Å². The summed E-state index contributed by atoms with van der Waals surface area (Å²) in [6.45, 7) is 2.42. The molecule has 142 valence electrons. The lowest BCUT2D eigenvalue weighted by Crippen LogP contribution is -2.49. The third-order valence-corrected chi connectivity index (χ3v) is 5.48. The number of carboxylic acids is 1. The number of nitrogens with zero attached hydrogens (tertiary/aromatic N) is 1. The highest BCUT2D eigenvalue weighted by Crippen LogP contribution is 2.28. The minimum Gasteiger partial charge on any atom is -0.480 e. The summed E-state index contributed by atoms with van der Waals surface area (Å²) in [7, 11) is 0. The van der Waals surface area contributed by atoms with E-state index in [-0.39, 0.29) is 11.8 Å². The van der Waals surface area contributed by atoms with Gasteiger partial charge in [0, 0.05) is 12.2 Å². The van der Waals surface area contributed by atoms with E-state index in [0.29, 0.717) is 28.5 Å². The van der Waals surface area contributed by atoms with Crippen LogP contribution in [0.15, 0.2) is 42.5 Å². The molecule has 2 aromatic rings. The molecule has 0 aliphatic carbocycles. The zero-order valence-electron chi connectivity index (χ0n) is 14.8. The Morgan fingerprint density at radius 1 is 1.11 bits per heavy atom. The van der Waals surface area contributed by atoms with Gasteiger partial charge in [-0.3, -0.25) is 10.1 Å². The number of para-hydroxylation sites is 1. The fourth-order valence-electron chi connectivity index (χ4n) is 3.08. The highest BCUT2D eigenvalue weighted by Gasteiger charge is 2.35. The second-order valence-electron chi connectivity index (χ2n) is 6.59. The van der Waals surface area contributed by atoms with Crippen LogP contribution >= 0.6 is 11.3 Å². The highest BCUT2D eigenvalue weighted by atomic mass is 32.1. The summed E-state index contributed by atoms with van der Waals surface area (Å²) in [6, 6.07) is 11.1. The van der Waals surface area contributed by atoms with E-state index in [1.54, 1.807) is 24.3 Å². The summed E-state index contributed by atoms with van der Waals surface area (Å²) < 4.78 is 0. The molecule has 1 aromatic carbocycles. The predicted molar refractivity (Wildman–Crippen MR) is 104 cm³/mol. The molecule has 27 heavy (non-hydrogen) atoms. The Kier molecular flexibility index (Phi) is 5.75. The van der Waals surface area contributed by atoms with Crippen LogP contribution in [0.3, 0.4) is 0 Å². The second-order valence-corrected chi connectivity index (χ2v) is 7.67. The van der Waals surface area contributed by atoms with Gasteiger partial charge < -0.3 is 15.3 Å². The Bertz CT molecular complexity index is 836. The third-order valence-electron chi connectivity index (χ3n) is 4.50. The lowest BCUT2D eigenvalue weighted by atomic mass is 9.92. The van der Waals surface area contributed by atoms with Crippen LogP contribution in [0.4, 0.5) is 15.5 Å². The number of hydrogen-bond acceptors (Lipinski definition) is 4. The molecule has 1 fully saturated rings. The molecule has 0 spiro atoms. The molecule has 3 N–H and O–H groups in total. The minimum absolute atomic E-state index is 0.275. The topological polar surface area (TPSA) is 98.7 Å². The first kappa shape index (κ1) is 18.9. The maximum Gasteiger partial charge on any atom is 0.326 e. The number of urea groups is 1. The van der Waals surface area contributed by atoms with E-state index in [2.05, 4.69) is 10.6 Å². The van der Waals surface area contributed by atoms with Gasteiger partial charge in [-0.25, -0.2) is 9.59 Å². The quantitative estimate of drug-likeness (QED) is 0.745. The van der Waals surface area contributed by atoms with Gasteiger partial charge in [0.25, 0.3) is 5.91 Å². The van der Waals surface area contributed by atoms with Gasteiger partial charge in [0.2, 0.25) is 0 Å². The van der Waals surface area contributed by atoms with Gasteiger partial charge in [0.15, 0.2) is 0 Å². The van der Waals surface area contributed by atoms with E-state index in [9.17, 15) is 19.5 Å². The number of aliphatic carboxylic acids is 1. The van der Waals surface area contributed by atoms with Crippen LogP contribution in [0.5, 0.6) is 0 Å². The zero-order valence-corrected chi connectivity index (χ0v) is 15.7. The van der Waals surface area contributed by atoms with E-state index >= 15 is 0 Å². The lowest BCUT2D eigenvalue weighted by molar-refractivity contribution is -0.144. The van der Waals surface area contributed by atoms with E-state index < -0.39 is 18.0 Å². The van der Waals surface area contributed by atoms with Crippen LogP contribution in [-0.2, 0) is 4.79 Å². The Hall–Kier alpha value is -2.87. The zero-order chi connectivity index (χ0) is 19.4. The highest BCUT2D eigenvalue weighted by molar-refractivity contribution is 7.18. The molecule has 3 amide bonds.